The fraction of sp³-hybridized carbons (Fsp3) is 0.370. The summed E-state index contributed by atoms with van der Waals surface area (Å²) in [5.74, 6) is -4.41. The summed E-state index contributed by atoms with van der Waals surface area (Å²) in [6, 6.07) is 3.33. The van der Waals surface area contributed by atoms with Gasteiger partial charge >= 0.3 is 29.8 Å². The second-order valence-corrected chi connectivity index (χ2v) is 8.56. The lowest BCUT2D eigenvalue weighted by atomic mass is 10.0. The van der Waals surface area contributed by atoms with E-state index >= 15 is 0 Å². The van der Waals surface area contributed by atoms with Crippen LogP contribution in [0, 0.1) is 0 Å². The first-order chi connectivity index (χ1) is 18.2. The van der Waals surface area contributed by atoms with E-state index in [0.717, 1.165) is 12.1 Å². The van der Waals surface area contributed by atoms with Gasteiger partial charge in [-0.1, -0.05) is 19.7 Å². The van der Waals surface area contributed by atoms with E-state index in [2.05, 4.69) is 19.7 Å². The van der Waals surface area contributed by atoms with E-state index in [1.54, 1.807) is 6.92 Å². The fourth-order valence-electron chi connectivity index (χ4n) is 2.48. The van der Waals surface area contributed by atoms with E-state index in [1.165, 1.54) is 19.9 Å². The lowest BCUT2D eigenvalue weighted by molar-refractivity contribution is -0.143. The van der Waals surface area contributed by atoms with Crippen molar-refractivity contribution < 1.29 is 57.9 Å². The summed E-state index contributed by atoms with van der Waals surface area (Å²) in [6.45, 7) is 12.7. The van der Waals surface area contributed by atoms with E-state index in [1.807, 2.05) is 0 Å². The standard InChI is InChI=1S/C27H32O12/c1-15(2)10-35-27(34)22-9-18(25(32)38-13-19(28)11-36-23(30)16(3)4)7-8-21(22)26(33)39-14-20(29)12-37-24(31)17(5)6/h7-9,19-20,28-29H,1,3,5,10-14H2,2,4,6H3. The molecule has 0 radical (unpaired) electrons. The van der Waals surface area contributed by atoms with Crippen LogP contribution in [0.15, 0.2) is 54.7 Å². The molecular formula is C27H32O12. The van der Waals surface area contributed by atoms with Gasteiger partial charge in [-0.15, -0.1) is 0 Å². The second kappa shape index (κ2) is 15.8. The molecule has 0 aliphatic carbocycles. The highest BCUT2D eigenvalue weighted by Gasteiger charge is 2.24. The first kappa shape index (κ1) is 32.7. The zero-order valence-electron chi connectivity index (χ0n) is 22.0. The summed E-state index contributed by atoms with van der Waals surface area (Å²) in [5.41, 5.74) is -0.0180. The zero-order chi connectivity index (χ0) is 29.7. The number of benzene rings is 1. The Labute approximate surface area is 225 Å². The predicted molar refractivity (Wildman–Crippen MR) is 136 cm³/mol. The van der Waals surface area contributed by atoms with Gasteiger partial charge in [0.05, 0.1) is 16.7 Å². The van der Waals surface area contributed by atoms with Crippen LogP contribution < -0.4 is 0 Å². The van der Waals surface area contributed by atoms with E-state index in [0.29, 0.717) is 5.57 Å². The average Bonchev–Trinajstić information content (AvgIpc) is 2.89. The van der Waals surface area contributed by atoms with Crippen LogP contribution in [0.2, 0.25) is 0 Å². The molecule has 1 aromatic rings. The Hall–Kier alpha value is -4.29. The second-order valence-electron chi connectivity index (χ2n) is 8.56. The Morgan fingerprint density at radius 3 is 1.56 bits per heavy atom. The smallest absolute Gasteiger partial charge is 0.339 e. The van der Waals surface area contributed by atoms with Gasteiger partial charge in [0.1, 0.15) is 45.2 Å². The number of carbonyl (C=O) groups is 5. The molecule has 0 saturated heterocycles. The molecule has 12 heteroatoms. The van der Waals surface area contributed by atoms with Crippen molar-refractivity contribution in [1.29, 1.82) is 0 Å². The van der Waals surface area contributed by atoms with Gasteiger partial charge in [0.2, 0.25) is 0 Å². The molecule has 39 heavy (non-hydrogen) atoms. The Kier molecular flexibility index (Phi) is 13.3. The first-order valence-corrected chi connectivity index (χ1v) is 11.5. The first-order valence-electron chi connectivity index (χ1n) is 11.5. The summed E-state index contributed by atoms with van der Waals surface area (Å²) in [7, 11) is 0. The van der Waals surface area contributed by atoms with Crippen LogP contribution in [-0.2, 0) is 33.3 Å². The van der Waals surface area contributed by atoms with Gasteiger partial charge in [-0.05, 0) is 44.5 Å². The summed E-state index contributed by atoms with van der Waals surface area (Å²) in [6.07, 6.45) is -2.68. The molecular weight excluding hydrogens is 516 g/mol. The highest BCUT2D eigenvalue weighted by atomic mass is 16.6. The number of hydrogen-bond donors (Lipinski definition) is 2. The minimum atomic E-state index is -1.36. The normalized spacial score (nSPS) is 11.8. The maximum Gasteiger partial charge on any atom is 0.339 e. The van der Waals surface area contributed by atoms with Crippen LogP contribution in [0.4, 0.5) is 0 Å². The summed E-state index contributed by atoms with van der Waals surface area (Å²) in [4.78, 5) is 60.6. The van der Waals surface area contributed by atoms with E-state index in [9.17, 15) is 34.2 Å². The molecule has 0 aliphatic heterocycles. The van der Waals surface area contributed by atoms with Gasteiger partial charge in [0, 0.05) is 11.1 Å². The summed E-state index contributed by atoms with van der Waals surface area (Å²) >= 11 is 0. The monoisotopic (exact) mass is 548 g/mol. The van der Waals surface area contributed by atoms with Gasteiger partial charge in [-0.2, -0.15) is 0 Å². The van der Waals surface area contributed by atoms with E-state index in [4.69, 9.17) is 23.7 Å². The van der Waals surface area contributed by atoms with Crippen LogP contribution in [0.25, 0.3) is 0 Å². The Morgan fingerprint density at radius 1 is 0.667 bits per heavy atom. The van der Waals surface area contributed by atoms with Gasteiger partial charge in [-0.3, -0.25) is 0 Å². The SMILES string of the molecule is C=C(C)COC(=O)c1cc(C(=O)OCC(O)COC(=O)C(=C)C)ccc1C(=O)OCC(O)COC(=O)C(=C)C. The number of hydrogen-bond acceptors (Lipinski definition) is 12. The number of aliphatic hydroxyl groups is 2. The molecule has 212 valence electrons. The molecule has 2 unspecified atom stereocenters. The predicted octanol–water partition coefficient (Wildman–Crippen LogP) is 1.69. The number of esters is 5. The molecule has 1 rings (SSSR count). The number of ether oxygens (including phenoxy) is 5. The molecule has 0 heterocycles. The topological polar surface area (TPSA) is 172 Å². The molecule has 2 N–H and O–H groups in total. The van der Waals surface area contributed by atoms with E-state index in [-0.39, 0.29) is 34.4 Å². The summed E-state index contributed by atoms with van der Waals surface area (Å²) in [5, 5.41) is 19.8. The van der Waals surface area contributed by atoms with Gasteiger partial charge < -0.3 is 33.9 Å². The third-order valence-corrected chi connectivity index (χ3v) is 4.47. The quantitative estimate of drug-likeness (QED) is 0.141. The van der Waals surface area contributed by atoms with Crippen molar-refractivity contribution in [2.45, 2.75) is 33.0 Å². The zero-order valence-corrected chi connectivity index (χ0v) is 22.0. The molecule has 1 aromatic carbocycles. The molecule has 0 bridgehead atoms. The van der Waals surface area contributed by atoms with E-state index < -0.39 is 68.5 Å². The molecule has 0 amide bonds. The lowest BCUT2D eigenvalue weighted by Gasteiger charge is -2.15. The van der Waals surface area contributed by atoms with Crippen molar-refractivity contribution in [3.05, 3.63) is 71.3 Å². The largest absolute Gasteiger partial charge is 0.459 e. The fourth-order valence-corrected chi connectivity index (χ4v) is 2.48. The van der Waals surface area contributed by atoms with Crippen LogP contribution in [0.1, 0.15) is 51.8 Å². The minimum absolute atomic E-state index is 0.122. The van der Waals surface area contributed by atoms with Gasteiger partial charge in [0.25, 0.3) is 0 Å². The number of aliphatic hydroxyl groups excluding tert-OH is 2. The van der Waals surface area contributed by atoms with Crippen molar-refractivity contribution in [1.82, 2.24) is 0 Å². The van der Waals surface area contributed by atoms with Crippen LogP contribution >= 0.6 is 0 Å². The average molecular weight is 549 g/mol. The molecule has 0 aliphatic rings. The van der Waals surface area contributed by atoms with Crippen LogP contribution in [-0.4, -0.2) is 85.3 Å². The highest BCUT2D eigenvalue weighted by Crippen LogP contribution is 2.17. The Balaban J connectivity index is 2.95. The van der Waals surface area contributed by atoms with Crippen molar-refractivity contribution in [3.8, 4) is 0 Å². The molecule has 0 saturated carbocycles. The van der Waals surface area contributed by atoms with Crippen molar-refractivity contribution >= 4 is 29.8 Å². The lowest BCUT2D eigenvalue weighted by Crippen LogP contribution is -2.26. The van der Waals surface area contributed by atoms with Crippen LogP contribution in [0.3, 0.4) is 0 Å². The number of rotatable bonds is 15. The minimum Gasteiger partial charge on any atom is -0.459 e. The third kappa shape index (κ3) is 11.8. The van der Waals surface area contributed by atoms with Crippen molar-refractivity contribution in [3.63, 3.8) is 0 Å². The summed E-state index contributed by atoms with van der Waals surface area (Å²) < 4.78 is 24.7. The molecule has 0 fully saturated rings. The maximum atomic E-state index is 12.7. The molecule has 2 atom stereocenters. The Bertz CT molecular complexity index is 1130. The maximum absolute atomic E-state index is 12.7. The van der Waals surface area contributed by atoms with Gasteiger partial charge in [-0.25, -0.2) is 24.0 Å². The molecule has 0 spiro atoms. The molecule has 12 nitrogen and oxygen atoms in total. The van der Waals surface area contributed by atoms with Gasteiger partial charge in [0.15, 0.2) is 0 Å². The number of carbonyl (C=O) groups excluding carboxylic acids is 5. The molecule has 0 aromatic heterocycles. The van der Waals surface area contributed by atoms with Crippen LogP contribution in [0.5, 0.6) is 0 Å². The third-order valence-electron chi connectivity index (χ3n) is 4.47. The van der Waals surface area contributed by atoms with Crippen molar-refractivity contribution in [2.75, 3.05) is 33.0 Å². The van der Waals surface area contributed by atoms with Crippen molar-refractivity contribution in [2.24, 2.45) is 0 Å². The Morgan fingerprint density at radius 2 is 1.10 bits per heavy atom. The highest BCUT2D eigenvalue weighted by molar-refractivity contribution is 6.05.